The Morgan fingerprint density at radius 2 is 1.91 bits per heavy atom. The van der Waals surface area contributed by atoms with E-state index in [1.807, 2.05) is 30.3 Å². The number of carboxylic acids is 1. The summed E-state index contributed by atoms with van der Waals surface area (Å²) < 4.78 is 0. The first-order valence-corrected chi connectivity index (χ1v) is 8.36. The summed E-state index contributed by atoms with van der Waals surface area (Å²) in [5.74, 6) is -0.709. The Morgan fingerprint density at radius 1 is 1.13 bits per heavy atom. The highest BCUT2D eigenvalue weighted by Gasteiger charge is 2.17. The zero-order chi connectivity index (χ0) is 16.5. The largest absolute Gasteiger partial charge is 0.481 e. The lowest BCUT2D eigenvalue weighted by Gasteiger charge is -2.24. The first-order chi connectivity index (χ1) is 11.1. The van der Waals surface area contributed by atoms with Crippen molar-refractivity contribution in [2.45, 2.75) is 51.5 Å². The molecule has 0 unspecified atom stereocenters. The van der Waals surface area contributed by atoms with Gasteiger partial charge in [-0.2, -0.15) is 0 Å². The van der Waals surface area contributed by atoms with Crippen LogP contribution < -0.4 is 0 Å². The van der Waals surface area contributed by atoms with Crippen molar-refractivity contribution >= 4 is 11.9 Å². The summed E-state index contributed by atoms with van der Waals surface area (Å²) in [5.41, 5.74) is 2.31. The molecule has 0 aromatic heterocycles. The van der Waals surface area contributed by atoms with Gasteiger partial charge < -0.3 is 10.0 Å². The molecule has 0 fully saturated rings. The molecule has 1 aromatic carbocycles. The Balaban J connectivity index is 1.97. The van der Waals surface area contributed by atoms with Gasteiger partial charge in [-0.15, -0.1) is 0 Å². The topological polar surface area (TPSA) is 57.6 Å². The monoisotopic (exact) mass is 315 g/mol. The van der Waals surface area contributed by atoms with Crippen molar-refractivity contribution in [3.05, 3.63) is 47.5 Å². The molecular formula is C19H25NO3. The van der Waals surface area contributed by atoms with Crippen molar-refractivity contribution < 1.29 is 14.7 Å². The maximum absolute atomic E-state index is 12.6. The van der Waals surface area contributed by atoms with Gasteiger partial charge in [0.1, 0.15) is 0 Å². The number of hydrogen-bond donors (Lipinski definition) is 1. The number of rotatable bonds is 8. The third-order valence-electron chi connectivity index (χ3n) is 4.15. The zero-order valence-electron chi connectivity index (χ0n) is 13.5. The summed E-state index contributed by atoms with van der Waals surface area (Å²) in [6, 6.07) is 9.86. The van der Waals surface area contributed by atoms with Crippen molar-refractivity contribution in [2.24, 2.45) is 0 Å². The zero-order valence-corrected chi connectivity index (χ0v) is 13.5. The molecule has 23 heavy (non-hydrogen) atoms. The molecule has 0 heterocycles. The Bertz CT molecular complexity index is 551. The number of allylic oxidation sites excluding steroid dienone is 1. The van der Waals surface area contributed by atoms with Gasteiger partial charge in [-0.05, 0) is 37.7 Å². The van der Waals surface area contributed by atoms with Crippen molar-refractivity contribution in [1.29, 1.82) is 0 Å². The lowest BCUT2D eigenvalue weighted by molar-refractivity contribution is -0.138. The van der Waals surface area contributed by atoms with Gasteiger partial charge in [0.05, 0.1) is 0 Å². The molecule has 0 atom stereocenters. The van der Waals surface area contributed by atoms with Crippen LogP contribution in [-0.2, 0) is 16.1 Å². The third-order valence-corrected chi connectivity index (χ3v) is 4.15. The highest BCUT2D eigenvalue weighted by atomic mass is 16.4. The van der Waals surface area contributed by atoms with Gasteiger partial charge in [-0.25, -0.2) is 0 Å². The summed E-state index contributed by atoms with van der Waals surface area (Å²) in [6.45, 7) is 1.04. The van der Waals surface area contributed by atoms with E-state index >= 15 is 0 Å². The number of nitrogens with zero attached hydrogens (tertiary/aromatic N) is 1. The lowest BCUT2D eigenvalue weighted by atomic mass is 9.96. The SMILES string of the molecule is O=C(O)CCCN(Cc1ccccc1)C(=O)CC1=CCCCC1. The standard InChI is InChI=1S/C19H25NO3/c21-18(14-16-8-3-1-4-9-16)20(13-7-12-19(22)23)15-17-10-5-2-6-11-17/h2,5-6,8,10-11H,1,3-4,7,9,12-15H2,(H,22,23). The molecule has 1 aromatic rings. The first kappa shape index (κ1) is 17.3. The number of carboxylic acid groups (broad SMARTS) is 1. The molecule has 1 aliphatic carbocycles. The Hall–Kier alpha value is -2.10. The minimum Gasteiger partial charge on any atom is -0.481 e. The van der Waals surface area contributed by atoms with E-state index in [0.29, 0.717) is 25.9 Å². The minimum atomic E-state index is -0.813. The highest BCUT2D eigenvalue weighted by molar-refractivity contribution is 5.78. The summed E-state index contributed by atoms with van der Waals surface area (Å²) in [7, 11) is 0. The number of benzene rings is 1. The minimum absolute atomic E-state index is 0.0985. The van der Waals surface area contributed by atoms with Crippen molar-refractivity contribution in [3.63, 3.8) is 0 Å². The molecule has 0 saturated heterocycles. The van der Waals surface area contributed by atoms with Crippen molar-refractivity contribution in [3.8, 4) is 0 Å². The Labute approximate surface area is 137 Å². The summed E-state index contributed by atoms with van der Waals surface area (Å²) in [4.78, 5) is 25.1. The molecule has 1 N–H and O–H groups in total. The molecule has 0 radical (unpaired) electrons. The summed E-state index contributed by atoms with van der Waals surface area (Å²) in [5, 5.41) is 8.80. The molecule has 1 aliphatic rings. The van der Waals surface area contributed by atoms with Crippen LogP contribution >= 0.6 is 0 Å². The van der Waals surface area contributed by atoms with Gasteiger partial charge in [-0.3, -0.25) is 9.59 Å². The number of hydrogen-bond acceptors (Lipinski definition) is 2. The van der Waals surface area contributed by atoms with E-state index in [1.54, 1.807) is 4.90 Å². The second-order valence-electron chi connectivity index (χ2n) is 6.08. The smallest absolute Gasteiger partial charge is 0.303 e. The van der Waals surface area contributed by atoms with Gasteiger partial charge in [0.25, 0.3) is 0 Å². The average Bonchev–Trinajstić information content (AvgIpc) is 2.55. The van der Waals surface area contributed by atoms with E-state index in [2.05, 4.69) is 6.08 Å². The average molecular weight is 315 g/mol. The molecule has 1 amide bonds. The fourth-order valence-electron chi connectivity index (χ4n) is 2.89. The molecule has 124 valence electrons. The van der Waals surface area contributed by atoms with Crippen molar-refractivity contribution in [1.82, 2.24) is 4.90 Å². The predicted molar refractivity (Wildman–Crippen MR) is 89.9 cm³/mol. The van der Waals surface area contributed by atoms with Crippen LogP contribution in [0.3, 0.4) is 0 Å². The second kappa shape index (κ2) is 9.13. The number of carbonyl (C=O) groups excluding carboxylic acids is 1. The normalized spacial score (nSPS) is 14.2. The van der Waals surface area contributed by atoms with Crippen LogP contribution in [0.2, 0.25) is 0 Å². The van der Waals surface area contributed by atoms with Gasteiger partial charge in [0.15, 0.2) is 0 Å². The van der Waals surface area contributed by atoms with Gasteiger partial charge >= 0.3 is 5.97 Å². The van der Waals surface area contributed by atoms with Crippen LogP contribution in [0.25, 0.3) is 0 Å². The lowest BCUT2D eigenvalue weighted by Crippen LogP contribution is -2.32. The summed E-state index contributed by atoms with van der Waals surface area (Å²) in [6.07, 6.45) is 7.72. The molecule has 2 rings (SSSR count). The van der Waals surface area contributed by atoms with Gasteiger partial charge in [0.2, 0.25) is 5.91 Å². The molecule has 4 nitrogen and oxygen atoms in total. The third kappa shape index (κ3) is 6.27. The Morgan fingerprint density at radius 3 is 2.57 bits per heavy atom. The molecular weight excluding hydrogens is 290 g/mol. The van der Waals surface area contributed by atoms with E-state index in [0.717, 1.165) is 24.8 Å². The van der Waals surface area contributed by atoms with E-state index in [9.17, 15) is 9.59 Å². The summed E-state index contributed by atoms with van der Waals surface area (Å²) >= 11 is 0. The fraction of sp³-hybridized carbons (Fsp3) is 0.474. The molecule has 4 heteroatoms. The second-order valence-corrected chi connectivity index (χ2v) is 6.08. The predicted octanol–water partition coefficient (Wildman–Crippen LogP) is 3.77. The van der Waals surface area contributed by atoms with Crippen LogP contribution in [0.1, 0.15) is 50.5 Å². The van der Waals surface area contributed by atoms with Gasteiger partial charge in [0, 0.05) is 25.9 Å². The van der Waals surface area contributed by atoms with Crippen LogP contribution in [0.4, 0.5) is 0 Å². The first-order valence-electron chi connectivity index (χ1n) is 8.36. The van der Waals surface area contributed by atoms with Gasteiger partial charge in [-0.1, -0.05) is 42.0 Å². The highest BCUT2D eigenvalue weighted by Crippen LogP contribution is 2.21. The number of aliphatic carboxylic acids is 1. The van der Waals surface area contributed by atoms with E-state index in [1.165, 1.54) is 12.0 Å². The van der Waals surface area contributed by atoms with Crippen LogP contribution in [0.15, 0.2) is 42.0 Å². The Kier molecular flexibility index (Phi) is 6.85. The molecule has 0 saturated carbocycles. The van der Waals surface area contributed by atoms with Crippen LogP contribution in [0, 0.1) is 0 Å². The number of amides is 1. The van der Waals surface area contributed by atoms with E-state index in [4.69, 9.17) is 5.11 Å². The number of carbonyl (C=O) groups is 2. The molecule has 0 aliphatic heterocycles. The van der Waals surface area contributed by atoms with Crippen LogP contribution in [0.5, 0.6) is 0 Å². The van der Waals surface area contributed by atoms with Crippen LogP contribution in [-0.4, -0.2) is 28.4 Å². The van der Waals surface area contributed by atoms with Crippen molar-refractivity contribution in [2.75, 3.05) is 6.54 Å². The molecule has 0 spiro atoms. The molecule has 0 bridgehead atoms. The quantitative estimate of drug-likeness (QED) is 0.743. The van der Waals surface area contributed by atoms with E-state index in [-0.39, 0.29) is 12.3 Å². The maximum atomic E-state index is 12.6. The maximum Gasteiger partial charge on any atom is 0.303 e. The fourth-order valence-corrected chi connectivity index (χ4v) is 2.89. The van der Waals surface area contributed by atoms with E-state index < -0.39 is 5.97 Å².